The van der Waals surface area contributed by atoms with Crippen LogP contribution in [0.1, 0.15) is 26.7 Å². The largest absolute Gasteiger partial charge is 0.327 e. The van der Waals surface area contributed by atoms with Crippen LogP contribution in [0.5, 0.6) is 0 Å². The Hall–Kier alpha value is -1.62. The summed E-state index contributed by atoms with van der Waals surface area (Å²) in [5.74, 6) is -0.137. The second kappa shape index (κ2) is 6.20. The molecule has 1 atom stereocenters. The second-order valence-corrected chi connectivity index (χ2v) is 4.18. The Bertz CT molecular complexity index is 438. The Morgan fingerprint density at radius 3 is 2.82 bits per heavy atom. The van der Waals surface area contributed by atoms with Gasteiger partial charge in [0.15, 0.2) is 0 Å². The number of rotatable bonds is 5. The molecule has 94 valence electrons. The fraction of sp³-hybridized carbons (Fsp3) is 0.500. The summed E-state index contributed by atoms with van der Waals surface area (Å²) in [5.41, 5.74) is 6.10. The van der Waals surface area contributed by atoms with Gasteiger partial charge in [-0.25, -0.2) is 0 Å². The van der Waals surface area contributed by atoms with Crippen LogP contribution in [0.25, 0.3) is 0 Å². The minimum Gasteiger partial charge on any atom is -0.327 e. The van der Waals surface area contributed by atoms with Crippen molar-refractivity contribution in [1.29, 1.82) is 0 Å². The molecule has 0 aliphatic rings. The number of hydrogen-bond acceptors (Lipinski definition) is 3. The van der Waals surface area contributed by atoms with E-state index in [1.165, 1.54) is 6.07 Å². The lowest BCUT2D eigenvalue weighted by molar-refractivity contribution is -0.116. The summed E-state index contributed by atoms with van der Waals surface area (Å²) in [4.78, 5) is 23.0. The monoisotopic (exact) mass is 237 g/mol. The standard InChI is InChI=1S/C12H19N3O2/c1-3-6-15-8-10(4-5-12(15)17)14-11(16)7-9(2)13/h4-5,8-9H,3,6-7,13H2,1-2H3,(H,14,16). The molecule has 1 aromatic heterocycles. The molecule has 3 N–H and O–H groups in total. The predicted molar refractivity (Wildman–Crippen MR) is 67.9 cm³/mol. The van der Waals surface area contributed by atoms with Crippen molar-refractivity contribution in [1.82, 2.24) is 4.57 Å². The molecular formula is C12H19N3O2. The van der Waals surface area contributed by atoms with Crippen molar-refractivity contribution >= 4 is 11.6 Å². The highest BCUT2D eigenvalue weighted by molar-refractivity contribution is 5.90. The van der Waals surface area contributed by atoms with E-state index in [1.54, 1.807) is 23.8 Å². The van der Waals surface area contributed by atoms with Gasteiger partial charge in [0.1, 0.15) is 0 Å². The van der Waals surface area contributed by atoms with E-state index in [0.29, 0.717) is 12.2 Å². The van der Waals surface area contributed by atoms with Gasteiger partial charge in [-0.15, -0.1) is 0 Å². The zero-order chi connectivity index (χ0) is 12.8. The average Bonchev–Trinajstić information content (AvgIpc) is 2.22. The number of anilines is 1. The molecule has 0 saturated heterocycles. The molecule has 0 bridgehead atoms. The van der Waals surface area contributed by atoms with Gasteiger partial charge in [0.25, 0.3) is 5.56 Å². The maximum atomic E-state index is 11.5. The molecule has 5 nitrogen and oxygen atoms in total. The number of carbonyl (C=O) groups excluding carboxylic acids is 1. The number of nitrogens with zero attached hydrogens (tertiary/aromatic N) is 1. The Morgan fingerprint density at radius 2 is 2.24 bits per heavy atom. The number of hydrogen-bond donors (Lipinski definition) is 2. The third-order valence-corrected chi connectivity index (χ3v) is 2.24. The quantitative estimate of drug-likeness (QED) is 0.800. The first kappa shape index (κ1) is 13.4. The van der Waals surface area contributed by atoms with Gasteiger partial charge in [-0.2, -0.15) is 0 Å². The van der Waals surface area contributed by atoms with Crippen LogP contribution in [-0.2, 0) is 11.3 Å². The summed E-state index contributed by atoms with van der Waals surface area (Å²) >= 11 is 0. The third kappa shape index (κ3) is 4.40. The van der Waals surface area contributed by atoms with Crippen LogP contribution in [0.4, 0.5) is 5.69 Å². The van der Waals surface area contributed by atoms with Crippen LogP contribution in [0.15, 0.2) is 23.1 Å². The van der Waals surface area contributed by atoms with Crippen molar-refractivity contribution < 1.29 is 4.79 Å². The lowest BCUT2D eigenvalue weighted by Crippen LogP contribution is -2.25. The molecule has 0 aliphatic carbocycles. The first-order chi connectivity index (χ1) is 8.02. The molecule has 0 saturated carbocycles. The normalized spacial score (nSPS) is 12.2. The number of amides is 1. The molecule has 0 aromatic carbocycles. The highest BCUT2D eigenvalue weighted by Gasteiger charge is 2.06. The zero-order valence-electron chi connectivity index (χ0n) is 10.3. The van der Waals surface area contributed by atoms with Gasteiger partial charge in [-0.1, -0.05) is 6.92 Å². The minimum atomic E-state index is -0.170. The smallest absolute Gasteiger partial charge is 0.250 e. The Morgan fingerprint density at radius 1 is 1.53 bits per heavy atom. The first-order valence-electron chi connectivity index (χ1n) is 5.79. The Labute approximate surface area is 101 Å². The first-order valence-corrected chi connectivity index (χ1v) is 5.79. The van der Waals surface area contributed by atoms with E-state index in [9.17, 15) is 9.59 Å². The van der Waals surface area contributed by atoms with Crippen molar-refractivity contribution in [3.63, 3.8) is 0 Å². The van der Waals surface area contributed by atoms with Crippen LogP contribution < -0.4 is 16.6 Å². The number of nitrogens with one attached hydrogen (secondary N) is 1. The van der Waals surface area contributed by atoms with Crippen molar-refractivity contribution in [3.8, 4) is 0 Å². The van der Waals surface area contributed by atoms with Crippen molar-refractivity contribution in [2.24, 2.45) is 5.73 Å². The molecule has 0 spiro atoms. The number of nitrogens with two attached hydrogens (primary N) is 1. The maximum Gasteiger partial charge on any atom is 0.250 e. The van der Waals surface area contributed by atoms with Crippen molar-refractivity contribution in [2.75, 3.05) is 5.32 Å². The van der Waals surface area contributed by atoms with Crippen LogP contribution in [0, 0.1) is 0 Å². The van der Waals surface area contributed by atoms with Gasteiger partial charge in [-0.3, -0.25) is 9.59 Å². The summed E-state index contributed by atoms with van der Waals surface area (Å²) in [6.45, 7) is 4.42. The molecular weight excluding hydrogens is 218 g/mol. The SMILES string of the molecule is CCCn1cc(NC(=O)CC(C)N)ccc1=O. The second-order valence-electron chi connectivity index (χ2n) is 4.18. The van der Waals surface area contributed by atoms with Gasteiger partial charge in [0.05, 0.1) is 5.69 Å². The molecule has 1 amide bonds. The Balaban J connectivity index is 2.75. The van der Waals surface area contributed by atoms with Gasteiger partial charge in [0.2, 0.25) is 5.91 Å². The molecule has 0 aliphatic heterocycles. The van der Waals surface area contributed by atoms with Crippen LogP contribution >= 0.6 is 0 Å². The van der Waals surface area contributed by atoms with E-state index in [0.717, 1.165) is 6.42 Å². The highest BCUT2D eigenvalue weighted by Crippen LogP contribution is 2.05. The Kier molecular flexibility index (Phi) is 4.90. The number of carbonyl (C=O) groups is 1. The maximum absolute atomic E-state index is 11.5. The topological polar surface area (TPSA) is 77.1 Å². The van der Waals surface area contributed by atoms with E-state index >= 15 is 0 Å². The number of pyridine rings is 1. The number of aromatic nitrogens is 1. The summed E-state index contributed by atoms with van der Waals surface area (Å²) in [6.07, 6.45) is 2.80. The highest BCUT2D eigenvalue weighted by atomic mass is 16.1. The third-order valence-electron chi connectivity index (χ3n) is 2.24. The molecule has 0 fully saturated rings. The van der Waals surface area contributed by atoms with Gasteiger partial charge in [0, 0.05) is 31.3 Å². The lowest BCUT2D eigenvalue weighted by atomic mass is 10.2. The van der Waals surface area contributed by atoms with E-state index < -0.39 is 0 Å². The van der Waals surface area contributed by atoms with E-state index in [4.69, 9.17) is 5.73 Å². The van der Waals surface area contributed by atoms with Crippen LogP contribution in [0.3, 0.4) is 0 Å². The molecule has 1 heterocycles. The minimum absolute atomic E-state index is 0.0583. The van der Waals surface area contributed by atoms with E-state index in [1.807, 2.05) is 6.92 Å². The van der Waals surface area contributed by atoms with Crippen molar-refractivity contribution in [3.05, 3.63) is 28.7 Å². The molecule has 1 unspecified atom stereocenters. The summed E-state index contributed by atoms with van der Waals surface area (Å²) in [6, 6.07) is 2.89. The van der Waals surface area contributed by atoms with Crippen molar-refractivity contribution in [2.45, 2.75) is 39.3 Å². The van der Waals surface area contributed by atoms with Gasteiger partial charge in [-0.05, 0) is 19.4 Å². The van der Waals surface area contributed by atoms with Gasteiger partial charge < -0.3 is 15.6 Å². The van der Waals surface area contributed by atoms with E-state index in [2.05, 4.69) is 5.32 Å². The molecule has 1 aromatic rings. The van der Waals surface area contributed by atoms with E-state index in [-0.39, 0.29) is 23.9 Å². The summed E-state index contributed by atoms with van der Waals surface area (Å²) in [7, 11) is 0. The lowest BCUT2D eigenvalue weighted by Gasteiger charge is -2.09. The zero-order valence-corrected chi connectivity index (χ0v) is 10.3. The average molecular weight is 237 g/mol. The molecule has 0 radical (unpaired) electrons. The summed E-state index contributed by atoms with van der Waals surface area (Å²) < 4.78 is 1.58. The molecule has 5 heteroatoms. The predicted octanol–water partition coefficient (Wildman–Crippen LogP) is 0.934. The van der Waals surface area contributed by atoms with Crippen LogP contribution in [0.2, 0.25) is 0 Å². The number of aryl methyl sites for hydroxylation is 1. The fourth-order valence-corrected chi connectivity index (χ4v) is 1.53. The van der Waals surface area contributed by atoms with Gasteiger partial charge >= 0.3 is 0 Å². The summed E-state index contributed by atoms with van der Waals surface area (Å²) in [5, 5.41) is 2.72. The molecule has 1 rings (SSSR count). The fourth-order valence-electron chi connectivity index (χ4n) is 1.53. The van der Waals surface area contributed by atoms with Crippen LogP contribution in [-0.4, -0.2) is 16.5 Å². The molecule has 17 heavy (non-hydrogen) atoms.